The van der Waals surface area contributed by atoms with Crippen molar-refractivity contribution in [3.05, 3.63) is 24.0 Å². The molecule has 0 aliphatic rings. The number of nitrogens with one attached hydrogen (secondary N) is 1. The van der Waals surface area contributed by atoms with Crippen LogP contribution in [0.25, 0.3) is 0 Å². The van der Waals surface area contributed by atoms with Crippen molar-refractivity contribution in [1.82, 2.24) is 10.3 Å². The standard InChI is InChI=1S/C12H18N2O2/c1-4-13-9(2)8-10(15)12-11(16-3)6-5-7-14-12/h5-7,9,13H,4,8H2,1-3H3. The normalized spacial score (nSPS) is 12.2. The molecular formula is C12H18N2O2. The molecule has 0 aliphatic carbocycles. The van der Waals surface area contributed by atoms with Gasteiger partial charge in [-0.1, -0.05) is 6.92 Å². The Balaban J connectivity index is 2.72. The van der Waals surface area contributed by atoms with Crippen LogP contribution in [0.2, 0.25) is 0 Å². The van der Waals surface area contributed by atoms with Crippen LogP contribution in [0.5, 0.6) is 5.75 Å². The van der Waals surface area contributed by atoms with Gasteiger partial charge in [0.1, 0.15) is 11.4 Å². The second kappa shape index (κ2) is 6.23. The summed E-state index contributed by atoms with van der Waals surface area (Å²) in [6.45, 7) is 4.85. The molecule has 1 atom stereocenters. The van der Waals surface area contributed by atoms with Crippen LogP contribution in [0.4, 0.5) is 0 Å². The Morgan fingerprint density at radius 3 is 3.00 bits per heavy atom. The van der Waals surface area contributed by atoms with Crippen molar-refractivity contribution in [2.75, 3.05) is 13.7 Å². The Bertz CT molecular complexity index is 353. The molecule has 16 heavy (non-hydrogen) atoms. The first kappa shape index (κ1) is 12.6. The monoisotopic (exact) mass is 222 g/mol. The summed E-state index contributed by atoms with van der Waals surface area (Å²) in [5.41, 5.74) is 0.412. The van der Waals surface area contributed by atoms with E-state index in [1.54, 1.807) is 25.4 Å². The second-order valence-corrected chi connectivity index (χ2v) is 3.64. The summed E-state index contributed by atoms with van der Waals surface area (Å²) in [5, 5.41) is 3.19. The molecule has 0 radical (unpaired) electrons. The lowest BCUT2D eigenvalue weighted by atomic mass is 10.1. The van der Waals surface area contributed by atoms with E-state index in [2.05, 4.69) is 10.3 Å². The highest BCUT2D eigenvalue weighted by molar-refractivity contribution is 5.97. The maximum atomic E-state index is 11.9. The molecule has 1 unspecified atom stereocenters. The highest BCUT2D eigenvalue weighted by Crippen LogP contribution is 2.16. The summed E-state index contributed by atoms with van der Waals surface area (Å²) in [7, 11) is 1.54. The minimum Gasteiger partial charge on any atom is -0.494 e. The third-order valence-corrected chi connectivity index (χ3v) is 2.30. The number of carbonyl (C=O) groups is 1. The van der Waals surface area contributed by atoms with Crippen LogP contribution >= 0.6 is 0 Å². The van der Waals surface area contributed by atoms with Crippen LogP contribution in [0.15, 0.2) is 18.3 Å². The SMILES string of the molecule is CCNC(C)CC(=O)c1ncccc1OC. The quantitative estimate of drug-likeness (QED) is 0.744. The summed E-state index contributed by atoms with van der Waals surface area (Å²) < 4.78 is 5.10. The van der Waals surface area contributed by atoms with Gasteiger partial charge < -0.3 is 10.1 Å². The molecule has 1 aromatic rings. The van der Waals surface area contributed by atoms with Crippen LogP contribution in [0.1, 0.15) is 30.8 Å². The maximum Gasteiger partial charge on any atom is 0.186 e. The van der Waals surface area contributed by atoms with E-state index in [0.29, 0.717) is 17.9 Å². The van der Waals surface area contributed by atoms with Gasteiger partial charge in [0, 0.05) is 18.7 Å². The molecule has 1 N–H and O–H groups in total. The first-order valence-corrected chi connectivity index (χ1v) is 5.44. The average molecular weight is 222 g/mol. The van der Waals surface area contributed by atoms with Crippen molar-refractivity contribution < 1.29 is 9.53 Å². The summed E-state index contributed by atoms with van der Waals surface area (Å²) >= 11 is 0. The number of ether oxygens (including phenoxy) is 1. The van der Waals surface area contributed by atoms with Gasteiger partial charge in [-0.15, -0.1) is 0 Å². The average Bonchev–Trinajstić information content (AvgIpc) is 2.29. The number of nitrogens with zero attached hydrogens (tertiary/aromatic N) is 1. The lowest BCUT2D eigenvalue weighted by Gasteiger charge is -2.11. The number of rotatable bonds is 6. The van der Waals surface area contributed by atoms with Crippen LogP contribution in [-0.4, -0.2) is 30.5 Å². The van der Waals surface area contributed by atoms with E-state index in [0.717, 1.165) is 6.54 Å². The molecule has 1 aromatic heterocycles. The molecule has 0 saturated heterocycles. The van der Waals surface area contributed by atoms with Gasteiger partial charge in [-0.2, -0.15) is 0 Å². The van der Waals surface area contributed by atoms with Crippen molar-refractivity contribution in [3.63, 3.8) is 0 Å². The lowest BCUT2D eigenvalue weighted by Crippen LogP contribution is -2.28. The van der Waals surface area contributed by atoms with Gasteiger partial charge in [0.2, 0.25) is 0 Å². The fourth-order valence-electron chi connectivity index (χ4n) is 1.56. The zero-order chi connectivity index (χ0) is 12.0. The molecule has 4 heteroatoms. The molecule has 0 amide bonds. The molecule has 1 heterocycles. The largest absolute Gasteiger partial charge is 0.494 e. The van der Waals surface area contributed by atoms with Crippen molar-refractivity contribution in [3.8, 4) is 5.75 Å². The summed E-state index contributed by atoms with van der Waals surface area (Å²) in [5.74, 6) is 0.544. The molecule has 0 saturated carbocycles. The number of methoxy groups -OCH3 is 1. The lowest BCUT2D eigenvalue weighted by molar-refractivity contribution is 0.0963. The predicted octanol–water partition coefficient (Wildman–Crippen LogP) is 1.66. The van der Waals surface area contributed by atoms with Crippen LogP contribution < -0.4 is 10.1 Å². The number of aromatic nitrogens is 1. The van der Waals surface area contributed by atoms with E-state index in [1.807, 2.05) is 13.8 Å². The van der Waals surface area contributed by atoms with E-state index in [-0.39, 0.29) is 11.8 Å². The summed E-state index contributed by atoms with van der Waals surface area (Å²) in [6, 6.07) is 3.66. The first-order chi connectivity index (χ1) is 7.69. The minimum atomic E-state index is 0.00546. The predicted molar refractivity (Wildman–Crippen MR) is 62.9 cm³/mol. The van der Waals surface area contributed by atoms with E-state index < -0.39 is 0 Å². The third kappa shape index (κ3) is 3.31. The third-order valence-electron chi connectivity index (χ3n) is 2.30. The van der Waals surface area contributed by atoms with E-state index >= 15 is 0 Å². The van der Waals surface area contributed by atoms with Gasteiger partial charge in [0.15, 0.2) is 5.78 Å². The highest BCUT2D eigenvalue weighted by atomic mass is 16.5. The molecule has 4 nitrogen and oxygen atoms in total. The topological polar surface area (TPSA) is 51.2 Å². The molecule has 0 aromatic carbocycles. The Labute approximate surface area is 96.0 Å². The number of ketones is 1. The van der Waals surface area contributed by atoms with Gasteiger partial charge in [-0.25, -0.2) is 4.98 Å². The fraction of sp³-hybridized carbons (Fsp3) is 0.500. The Morgan fingerprint density at radius 1 is 1.62 bits per heavy atom. The molecule has 0 bridgehead atoms. The number of Topliss-reactive ketones (excluding diaryl/α,β-unsaturated/α-hetero) is 1. The first-order valence-electron chi connectivity index (χ1n) is 5.44. The van der Waals surface area contributed by atoms with E-state index in [1.165, 1.54) is 0 Å². The van der Waals surface area contributed by atoms with Crippen molar-refractivity contribution in [2.24, 2.45) is 0 Å². The highest BCUT2D eigenvalue weighted by Gasteiger charge is 2.15. The number of carbonyl (C=O) groups excluding carboxylic acids is 1. The number of hydrogen-bond acceptors (Lipinski definition) is 4. The zero-order valence-electron chi connectivity index (χ0n) is 9.99. The smallest absolute Gasteiger partial charge is 0.186 e. The molecule has 0 aliphatic heterocycles. The maximum absolute atomic E-state index is 11.9. The summed E-state index contributed by atoms with van der Waals surface area (Å²) in [4.78, 5) is 16.0. The van der Waals surface area contributed by atoms with Gasteiger partial charge in [0.05, 0.1) is 7.11 Å². The van der Waals surface area contributed by atoms with Gasteiger partial charge >= 0.3 is 0 Å². The molecule has 0 spiro atoms. The Morgan fingerprint density at radius 2 is 2.38 bits per heavy atom. The molecule has 0 fully saturated rings. The molecular weight excluding hydrogens is 204 g/mol. The van der Waals surface area contributed by atoms with Gasteiger partial charge in [-0.05, 0) is 25.6 Å². The number of pyridine rings is 1. The Kier molecular flexibility index (Phi) is 4.92. The molecule has 1 rings (SSSR count). The fourth-order valence-corrected chi connectivity index (χ4v) is 1.56. The number of hydrogen-bond donors (Lipinski definition) is 1. The zero-order valence-corrected chi connectivity index (χ0v) is 9.99. The van der Waals surface area contributed by atoms with Crippen LogP contribution in [0, 0.1) is 0 Å². The minimum absolute atomic E-state index is 0.00546. The van der Waals surface area contributed by atoms with Gasteiger partial charge in [-0.3, -0.25) is 4.79 Å². The Hall–Kier alpha value is -1.42. The van der Waals surface area contributed by atoms with Crippen LogP contribution in [0.3, 0.4) is 0 Å². The van der Waals surface area contributed by atoms with Crippen molar-refractivity contribution >= 4 is 5.78 Å². The second-order valence-electron chi connectivity index (χ2n) is 3.64. The van der Waals surface area contributed by atoms with E-state index in [9.17, 15) is 4.79 Å². The van der Waals surface area contributed by atoms with Gasteiger partial charge in [0.25, 0.3) is 0 Å². The van der Waals surface area contributed by atoms with Crippen molar-refractivity contribution in [2.45, 2.75) is 26.3 Å². The van der Waals surface area contributed by atoms with Crippen LogP contribution in [-0.2, 0) is 0 Å². The van der Waals surface area contributed by atoms with Crippen molar-refractivity contribution in [1.29, 1.82) is 0 Å². The van der Waals surface area contributed by atoms with E-state index in [4.69, 9.17) is 4.74 Å². The molecule has 88 valence electrons. The summed E-state index contributed by atoms with van der Waals surface area (Å²) in [6.07, 6.45) is 2.04.